The fourth-order valence-electron chi connectivity index (χ4n) is 1.94. The molecular formula is C13H22O3Si. The number of carbonyl (C=O) groups excluding carboxylic acids is 1. The molecule has 1 fully saturated rings. The Morgan fingerprint density at radius 2 is 2.00 bits per heavy atom. The van der Waals surface area contributed by atoms with E-state index in [9.17, 15) is 4.79 Å². The molecule has 0 spiro atoms. The van der Waals surface area contributed by atoms with Crippen molar-refractivity contribution in [2.45, 2.75) is 63.6 Å². The fraction of sp³-hybridized carbons (Fsp3) is 0.769. The highest BCUT2D eigenvalue weighted by atomic mass is 28.4. The largest absolute Gasteiger partial charge is 0.404 e. The zero-order chi connectivity index (χ0) is 12.8. The highest BCUT2D eigenvalue weighted by Gasteiger charge is 2.46. The molecule has 17 heavy (non-hydrogen) atoms. The monoisotopic (exact) mass is 254 g/mol. The lowest BCUT2D eigenvalue weighted by molar-refractivity contribution is -0.143. The molecule has 96 valence electrons. The second kappa shape index (κ2) is 4.04. The summed E-state index contributed by atoms with van der Waals surface area (Å²) < 4.78 is 11.9. The van der Waals surface area contributed by atoms with Gasteiger partial charge in [0.25, 0.3) is 0 Å². The van der Waals surface area contributed by atoms with Gasteiger partial charge in [-0.25, -0.2) is 0 Å². The van der Waals surface area contributed by atoms with Gasteiger partial charge in [-0.05, 0) is 18.1 Å². The van der Waals surface area contributed by atoms with Crippen molar-refractivity contribution in [2.24, 2.45) is 0 Å². The molecule has 0 radical (unpaired) electrons. The smallest absolute Gasteiger partial charge is 0.193 e. The van der Waals surface area contributed by atoms with Gasteiger partial charge in [0.05, 0.1) is 6.10 Å². The Morgan fingerprint density at radius 3 is 2.59 bits per heavy atom. The molecular weight excluding hydrogens is 232 g/mol. The van der Waals surface area contributed by atoms with Gasteiger partial charge in [0.15, 0.2) is 14.1 Å². The van der Waals surface area contributed by atoms with Crippen LogP contribution in [0.1, 0.15) is 27.2 Å². The van der Waals surface area contributed by atoms with Gasteiger partial charge in [0, 0.05) is 6.42 Å². The standard InChI is InChI=1S/C13H22O3Si/c1-13(2,3)17(4,5)16-12-10(14)8-9-6-7-11(12)15-9/h6-7,9,11-12H,8H2,1-5H3/t9-,11+,12-/m0/s1. The highest BCUT2D eigenvalue weighted by Crippen LogP contribution is 2.39. The van der Waals surface area contributed by atoms with Gasteiger partial charge < -0.3 is 9.16 Å². The molecule has 2 aliphatic rings. The number of ketones is 1. The normalized spacial score (nSPS) is 33.2. The average Bonchev–Trinajstić information content (AvgIpc) is 2.55. The molecule has 2 bridgehead atoms. The number of hydrogen-bond acceptors (Lipinski definition) is 3. The lowest BCUT2D eigenvalue weighted by Gasteiger charge is -2.41. The van der Waals surface area contributed by atoms with Crippen LogP contribution in [-0.4, -0.2) is 32.4 Å². The Balaban J connectivity index is 2.13. The maximum atomic E-state index is 12.0. The Bertz CT molecular complexity index is 354. The van der Waals surface area contributed by atoms with Crippen LogP contribution in [0, 0.1) is 0 Å². The van der Waals surface area contributed by atoms with Crippen molar-refractivity contribution >= 4 is 14.1 Å². The van der Waals surface area contributed by atoms with Gasteiger partial charge in [0.1, 0.15) is 12.2 Å². The summed E-state index contributed by atoms with van der Waals surface area (Å²) in [5.74, 6) is 0.195. The molecule has 0 aromatic carbocycles. The Morgan fingerprint density at radius 1 is 1.35 bits per heavy atom. The minimum atomic E-state index is -1.91. The van der Waals surface area contributed by atoms with Crippen LogP contribution in [0.2, 0.25) is 18.1 Å². The quantitative estimate of drug-likeness (QED) is 0.561. The van der Waals surface area contributed by atoms with E-state index in [1.807, 2.05) is 12.2 Å². The number of Topliss-reactive ketones (excluding diaryl/α,β-unsaturated/α-hetero) is 1. The Labute approximate surface area is 104 Å². The molecule has 0 N–H and O–H groups in total. The summed E-state index contributed by atoms with van der Waals surface area (Å²) in [7, 11) is -1.91. The maximum absolute atomic E-state index is 12.0. The second-order valence-electron chi connectivity index (χ2n) is 6.49. The SMILES string of the molecule is CC(C)(C)[Si](C)(C)O[C@H]1C(=O)C[C@@H]2C=C[C@H]1O2. The summed E-state index contributed by atoms with van der Waals surface area (Å²) in [6.45, 7) is 10.9. The van der Waals surface area contributed by atoms with Crippen LogP contribution in [0.15, 0.2) is 12.2 Å². The molecule has 0 aromatic rings. The highest BCUT2D eigenvalue weighted by molar-refractivity contribution is 6.74. The molecule has 3 nitrogen and oxygen atoms in total. The topological polar surface area (TPSA) is 35.5 Å². The van der Waals surface area contributed by atoms with Crippen LogP contribution in [0.5, 0.6) is 0 Å². The van der Waals surface area contributed by atoms with E-state index in [2.05, 4.69) is 33.9 Å². The molecule has 0 unspecified atom stereocenters. The van der Waals surface area contributed by atoms with Crippen LogP contribution >= 0.6 is 0 Å². The molecule has 2 heterocycles. The van der Waals surface area contributed by atoms with Crippen molar-refractivity contribution in [1.29, 1.82) is 0 Å². The molecule has 0 amide bonds. The summed E-state index contributed by atoms with van der Waals surface area (Å²) in [6, 6.07) is 0. The molecule has 2 aliphatic heterocycles. The third-order valence-electron chi connectivity index (χ3n) is 4.09. The van der Waals surface area contributed by atoms with E-state index in [4.69, 9.17) is 9.16 Å². The average molecular weight is 254 g/mol. The fourth-order valence-corrected chi connectivity index (χ4v) is 3.19. The molecule has 0 aromatic heterocycles. The summed E-state index contributed by atoms with van der Waals surface area (Å²) in [5.41, 5.74) is 0. The molecule has 0 aliphatic carbocycles. The van der Waals surface area contributed by atoms with Gasteiger partial charge in [0.2, 0.25) is 0 Å². The zero-order valence-electron chi connectivity index (χ0n) is 11.3. The number of fused-ring (bicyclic) bond motifs is 2. The lowest BCUT2D eigenvalue weighted by atomic mass is 10.1. The minimum Gasteiger partial charge on any atom is -0.404 e. The molecule has 3 atom stereocenters. The zero-order valence-corrected chi connectivity index (χ0v) is 12.3. The van der Waals surface area contributed by atoms with Crippen molar-refractivity contribution in [2.75, 3.05) is 0 Å². The Hall–Kier alpha value is -0.453. The molecule has 0 saturated carbocycles. The third kappa shape index (κ3) is 2.39. The Kier molecular flexibility index (Phi) is 3.08. The van der Waals surface area contributed by atoms with Crippen LogP contribution < -0.4 is 0 Å². The summed E-state index contributed by atoms with van der Waals surface area (Å²) in [4.78, 5) is 12.0. The van der Waals surface area contributed by atoms with E-state index in [-0.39, 0.29) is 29.1 Å². The van der Waals surface area contributed by atoms with Gasteiger partial charge in [-0.2, -0.15) is 0 Å². The lowest BCUT2D eigenvalue weighted by Crippen LogP contribution is -2.52. The van der Waals surface area contributed by atoms with E-state index in [0.29, 0.717) is 6.42 Å². The summed E-state index contributed by atoms with van der Waals surface area (Å²) in [5, 5.41) is 0.118. The number of rotatable bonds is 2. The van der Waals surface area contributed by atoms with Crippen LogP contribution in [0.3, 0.4) is 0 Å². The van der Waals surface area contributed by atoms with E-state index in [0.717, 1.165) is 0 Å². The number of ether oxygens (including phenoxy) is 1. The van der Waals surface area contributed by atoms with Crippen molar-refractivity contribution in [3.8, 4) is 0 Å². The van der Waals surface area contributed by atoms with Gasteiger partial charge >= 0.3 is 0 Å². The van der Waals surface area contributed by atoms with Crippen LogP contribution in [0.4, 0.5) is 0 Å². The second-order valence-corrected chi connectivity index (χ2v) is 11.2. The first-order valence-electron chi connectivity index (χ1n) is 6.25. The van der Waals surface area contributed by atoms with E-state index in [1.165, 1.54) is 0 Å². The van der Waals surface area contributed by atoms with Crippen molar-refractivity contribution in [1.82, 2.24) is 0 Å². The predicted molar refractivity (Wildman–Crippen MR) is 69.5 cm³/mol. The van der Waals surface area contributed by atoms with Gasteiger partial charge in [-0.1, -0.05) is 32.9 Å². The maximum Gasteiger partial charge on any atom is 0.193 e. The van der Waals surface area contributed by atoms with Crippen LogP contribution in [0.25, 0.3) is 0 Å². The first-order valence-corrected chi connectivity index (χ1v) is 9.16. The predicted octanol–water partition coefficient (Wildman–Crippen LogP) is 2.67. The third-order valence-corrected chi connectivity index (χ3v) is 8.55. The van der Waals surface area contributed by atoms with Crippen molar-refractivity contribution < 1.29 is 14.0 Å². The van der Waals surface area contributed by atoms with E-state index < -0.39 is 8.32 Å². The molecule has 2 rings (SSSR count). The first-order chi connectivity index (χ1) is 7.71. The summed E-state index contributed by atoms with van der Waals surface area (Å²) >= 11 is 0. The van der Waals surface area contributed by atoms with E-state index >= 15 is 0 Å². The molecule has 4 heteroatoms. The van der Waals surface area contributed by atoms with Gasteiger partial charge in [-0.15, -0.1) is 0 Å². The van der Waals surface area contributed by atoms with Crippen molar-refractivity contribution in [3.63, 3.8) is 0 Å². The van der Waals surface area contributed by atoms with Gasteiger partial charge in [-0.3, -0.25) is 4.79 Å². The van der Waals surface area contributed by atoms with Crippen LogP contribution in [-0.2, 0) is 14.0 Å². The molecule has 1 saturated heterocycles. The summed E-state index contributed by atoms with van der Waals surface area (Å²) in [6.07, 6.45) is 3.88. The first kappa shape index (κ1) is 13.0. The minimum absolute atomic E-state index is 0.00762. The van der Waals surface area contributed by atoms with Crippen molar-refractivity contribution in [3.05, 3.63) is 12.2 Å². The number of hydrogen-bond donors (Lipinski definition) is 0. The number of carbonyl (C=O) groups is 1. The van der Waals surface area contributed by atoms with E-state index in [1.54, 1.807) is 0 Å².